The molecule has 0 bridgehead atoms. The zero-order valence-corrected chi connectivity index (χ0v) is 12.7. The molecule has 5 N–H and O–H groups in total. The SMILES string of the molecule is N/C=C(\C=NCCO)c1ccc(O)c(N2CC(=O)NS2=O)c1F. The predicted molar refractivity (Wildman–Crippen MR) is 84.3 cm³/mol. The molecule has 0 spiro atoms. The van der Waals surface area contributed by atoms with Crippen LogP contribution in [0.1, 0.15) is 5.56 Å². The van der Waals surface area contributed by atoms with E-state index in [1.54, 1.807) is 0 Å². The largest absolute Gasteiger partial charge is 0.506 e. The van der Waals surface area contributed by atoms with Crippen LogP contribution < -0.4 is 14.8 Å². The smallest absolute Gasteiger partial charge is 0.253 e. The van der Waals surface area contributed by atoms with Crippen LogP contribution in [-0.2, 0) is 16.0 Å². The van der Waals surface area contributed by atoms with Crippen LogP contribution in [-0.4, -0.2) is 46.2 Å². The lowest BCUT2D eigenvalue weighted by atomic mass is 10.1. The van der Waals surface area contributed by atoms with Gasteiger partial charge in [-0.1, -0.05) is 0 Å². The Morgan fingerprint density at radius 1 is 1.57 bits per heavy atom. The van der Waals surface area contributed by atoms with Gasteiger partial charge in [0.05, 0.1) is 13.2 Å². The van der Waals surface area contributed by atoms with Crippen molar-refractivity contribution in [3.63, 3.8) is 0 Å². The van der Waals surface area contributed by atoms with Gasteiger partial charge >= 0.3 is 0 Å². The van der Waals surface area contributed by atoms with Gasteiger partial charge in [0.15, 0.2) is 5.82 Å². The van der Waals surface area contributed by atoms with Crippen LogP contribution in [0.15, 0.2) is 23.3 Å². The highest BCUT2D eigenvalue weighted by molar-refractivity contribution is 7.85. The van der Waals surface area contributed by atoms with E-state index in [-0.39, 0.29) is 36.5 Å². The van der Waals surface area contributed by atoms with Gasteiger partial charge < -0.3 is 15.9 Å². The molecule has 1 fully saturated rings. The highest BCUT2D eigenvalue weighted by Crippen LogP contribution is 2.36. The molecule has 1 unspecified atom stereocenters. The number of allylic oxidation sites excluding steroid dienone is 1. The molecular weight excluding hydrogens is 327 g/mol. The minimum Gasteiger partial charge on any atom is -0.506 e. The van der Waals surface area contributed by atoms with Gasteiger partial charge in [0.1, 0.15) is 18.0 Å². The third-order valence-corrected chi connectivity index (χ3v) is 4.10. The Bertz CT molecular complexity index is 707. The number of nitrogens with zero attached hydrogens (tertiary/aromatic N) is 2. The molecule has 23 heavy (non-hydrogen) atoms. The van der Waals surface area contributed by atoms with Crippen molar-refractivity contribution in [3.05, 3.63) is 29.7 Å². The number of benzene rings is 1. The molecule has 1 saturated heterocycles. The number of carbonyl (C=O) groups excluding carboxylic acids is 1. The monoisotopic (exact) mass is 342 g/mol. The summed E-state index contributed by atoms with van der Waals surface area (Å²) >= 11 is -1.98. The van der Waals surface area contributed by atoms with Crippen LogP contribution in [0.2, 0.25) is 0 Å². The normalized spacial score (nSPS) is 18.7. The second-order valence-corrected chi connectivity index (χ2v) is 5.63. The predicted octanol–water partition coefficient (Wildman–Crippen LogP) is -0.591. The Balaban J connectivity index is 2.46. The van der Waals surface area contributed by atoms with Crippen LogP contribution in [0, 0.1) is 5.82 Å². The fourth-order valence-corrected chi connectivity index (χ4v) is 2.92. The van der Waals surface area contributed by atoms with E-state index >= 15 is 0 Å². The van der Waals surface area contributed by atoms with Gasteiger partial charge in [0.25, 0.3) is 5.91 Å². The number of aliphatic imine (C=N–C) groups is 1. The van der Waals surface area contributed by atoms with E-state index in [9.17, 15) is 18.5 Å². The number of anilines is 1. The summed E-state index contributed by atoms with van der Waals surface area (Å²) in [5, 5.41) is 18.6. The standard InChI is InChI=1S/C13H15FN4O4S/c14-12-9(8(5-15)6-16-3-4-19)1-2-10(20)13(12)18-7-11(21)17-23(18)22/h1-2,5-6,19-20H,3-4,7,15H2,(H,17,21)/b8-5+,16-6?. The Kier molecular flexibility index (Phi) is 5.29. The van der Waals surface area contributed by atoms with Gasteiger partial charge in [-0.25, -0.2) is 8.60 Å². The molecule has 1 aromatic carbocycles. The molecule has 1 aromatic rings. The first-order chi connectivity index (χ1) is 11.0. The molecule has 0 aliphatic carbocycles. The van der Waals surface area contributed by atoms with Crippen molar-refractivity contribution in [1.82, 2.24) is 4.72 Å². The van der Waals surface area contributed by atoms with Gasteiger partial charge in [-0.15, -0.1) is 0 Å². The Hall–Kier alpha value is -2.46. The summed E-state index contributed by atoms with van der Waals surface area (Å²) in [5.41, 5.74) is 5.32. The van der Waals surface area contributed by atoms with E-state index in [4.69, 9.17) is 10.8 Å². The second kappa shape index (κ2) is 7.20. The van der Waals surface area contributed by atoms with Crippen molar-refractivity contribution in [3.8, 4) is 5.75 Å². The number of nitrogens with two attached hydrogens (primary N) is 1. The maximum atomic E-state index is 14.7. The van der Waals surface area contributed by atoms with Gasteiger partial charge in [-0.3, -0.25) is 18.8 Å². The van der Waals surface area contributed by atoms with Crippen LogP contribution in [0.4, 0.5) is 10.1 Å². The molecule has 1 atom stereocenters. The summed E-state index contributed by atoms with van der Waals surface area (Å²) in [6, 6.07) is 2.49. The minimum absolute atomic E-state index is 0.0124. The van der Waals surface area contributed by atoms with Crippen molar-refractivity contribution >= 4 is 34.6 Å². The molecule has 1 aliphatic rings. The zero-order valence-electron chi connectivity index (χ0n) is 11.9. The number of hydrogen-bond donors (Lipinski definition) is 4. The fourth-order valence-electron chi connectivity index (χ4n) is 1.97. The van der Waals surface area contributed by atoms with E-state index in [0.29, 0.717) is 0 Å². The topological polar surface area (TPSA) is 128 Å². The molecule has 2 rings (SSSR count). The molecule has 1 aliphatic heterocycles. The summed E-state index contributed by atoms with van der Waals surface area (Å²) in [6.07, 6.45) is 2.39. The molecule has 1 amide bonds. The molecule has 10 heteroatoms. The number of aliphatic hydroxyl groups excluding tert-OH is 1. The Labute approximate surface area is 133 Å². The molecule has 0 saturated carbocycles. The number of halogens is 1. The third kappa shape index (κ3) is 3.48. The van der Waals surface area contributed by atoms with E-state index in [1.807, 2.05) is 0 Å². The molecule has 0 aromatic heterocycles. The molecule has 124 valence electrons. The average molecular weight is 342 g/mol. The maximum Gasteiger partial charge on any atom is 0.253 e. The van der Waals surface area contributed by atoms with Crippen LogP contribution >= 0.6 is 0 Å². The number of rotatable bonds is 5. The van der Waals surface area contributed by atoms with Crippen molar-refractivity contribution in [2.24, 2.45) is 10.7 Å². The molecular formula is C13H15FN4O4S. The number of aromatic hydroxyl groups is 1. The number of nitrogens with one attached hydrogen (secondary N) is 1. The number of phenols is 1. The van der Waals surface area contributed by atoms with E-state index < -0.39 is 28.6 Å². The lowest BCUT2D eigenvalue weighted by Gasteiger charge is -2.18. The summed E-state index contributed by atoms with van der Waals surface area (Å²) in [5.74, 6) is -1.89. The lowest BCUT2D eigenvalue weighted by Crippen LogP contribution is -2.24. The number of aliphatic hydroxyl groups is 1. The first-order valence-corrected chi connectivity index (χ1v) is 7.63. The molecule has 1 heterocycles. The van der Waals surface area contributed by atoms with Crippen molar-refractivity contribution in [2.45, 2.75) is 0 Å². The fraction of sp³-hybridized carbons (Fsp3) is 0.231. The summed E-state index contributed by atoms with van der Waals surface area (Å²) < 4.78 is 29.6. The quantitative estimate of drug-likeness (QED) is 0.532. The third-order valence-electron chi connectivity index (χ3n) is 2.98. The summed E-state index contributed by atoms with van der Waals surface area (Å²) in [6.45, 7) is -0.391. The van der Waals surface area contributed by atoms with Gasteiger partial charge in [-0.2, -0.15) is 0 Å². The lowest BCUT2D eigenvalue weighted by molar-refractivity contribution is -0.117. The number of hydrogen-bond acceptors (Lipinski definition) is 6. The maximum absolute atomic E-state index is 14.7. The Morgan fingerprint density at radius 3 is 2.87 bits per heavy atom. The van der Waals surface area contributed by atoms with Crippen molar-refractivity contribution in [2.75, 3.05) is 24.0 Å². The van der Waals surface area contributed by atoms with E-state index in [1.165, 1.54) is 18.3 Å². The zero-order chi connectivity index (χ0) is 17.0. The Morgan fingerprint density at radius 2 is 2.30 bits per heavy atom. The average Bonchev–Trinajstić information content (AvgIpc) is 2.83. The van der Waals surface area contributed by atoms with Gasteiger partial charge in [0.2, 0.25) is 11.2 Å². The minimum atomic E-state index is -1.98. The number of amides is 1. The van der Waals surface area contributed by atoms with E-state index in [2.05, 4.69) is 9.71 Å². The number of phenolic OH excluding ortho intramolecular Hbond substituents is 1. The summed E-state index contributed by atoms with van der Waals surface area (Å²) in [4.78, 5) is 15.1. The highest BCUT2D eigenvalue weighted by Gasteiger charge is 2.32. The van der Waals surface area contributed by atoms with Gasteiger partial charge in [-0.05, 0) is 12.1 Å². The highest BCUT2D eigenvalue weighted by atomic mass is 32.2. The number of carbonyl (C=O) groups is 1. The summed E-state index contributed by atoms with van der Waals surface area (Å²) in [7, 11) is 0. The second-order valence-electron chi connectivity index (χ2n) is 4.49. The van der Waals surface area contributed by atoms with E-state index in [0.717, 1.165) is 10.5 Å². The van der Waals surface area contributed by atoms with Crippen LogP contribution in [0.25, 0.3) is 5.57 Å². The first kappa shape index (κ1) is 16.9. The van der Waals surface area contributed by atoms with Crippen LogP contribution in [0.5, 0.6) is 5.75 Å². The molecule has 0 radical (unpaired) electrons. The molecule has 8 nitrogen and oxygen atoms in total. The van der Waals surface area contributed by atoms with Crippen molar-refractivity contribution in [1.29, 1.82) is 0 Å². The van der Waals surface area contributed by atoms with Crippen molar-refractivity contribution < 1.29 is 23.6 Å². The van der Waals surface area contributed by atoms with Crippen LogP contribution in [0.3, 0.4) is 0 Å². The first-order valence-electron chi connectivity index (χ1n) is 6.53. The van der Waals surface area contributed by atoms with Gasteiger partial charge in [0, 0.05) is 23.6 Å².